The number of benzene rings is 1. The molecule has 0 unspecified atom stereocenters. The van der Waals surface area contributed by atoms with E-state index in [1.54, 1.807) is 25.4 Å². The van der Waals surface area contributed by atoms with E-state index in [1.807, 2.05) is 24.3 Å². The maximum atomic E-state index is 5.72. The molecule has 0 aliphatic rings. The Labute approximate surface area is 111 Å². The highest BCUT2D eigenvalue weighted by atomic mass is 16.7. The second-order valence-corrected chi connectivity index (χ2v) is 3.83. The third-order valence-electron chi connectivity index (χ3n) is 2.49. The summed E-state index contributed by atoms with van der Waals surface area (Å²) in [5.41, 5.74) is 6.63. The number of rotatable bonds is 6. The minimum absolute atomic E-state index is 0.200. The number of hydrogen-bond acceptors (Lipinski definition) is 5. The summed E-state index contributed by atoms with van der Waals surface area (Å²) in [5, 5.41) is 0. The summed E-state index contributed by atoms with van der Waals surface area (Å²) in [6.07, 6.45) is 1.62. The van der Waals surface area contributed by atoms with Crippen molar-refractivity contribution in [2.75, 3.05) is 19.6 Å². The van der Waals surface area contributed by atoms with Crippen molar-refractivity contribution in [1.82, 2.24) is 4.98 Å². The Morgan fingerprint density at radius 1 is 1.05 bits per heavy atom. The highest BCUT2D eigenvalue weighted by Crippen LogP contribution is 2.22. The minimum Gasteiger partial charge on any atom is -0.485 e. The Hall–Kier alpha value is -2.27. The van der Waals surface area contributed by atoms with Crippen molar-refractivity contribution in [3.05, 3.63) is 48.2 Å². The summed E-state index contributed by atoms with van der Waals surface area (Å²) in [7, 11) is 1.58. The molecule has 0 saturated carbocycles. The topological polar surface area (TPSA) is 66.6 Å². The van der Waals surface area contributed by atoms with Crippen LogP contribution >= 0.6 is 0 Å². The molecule has 0 amide bonds. The lowest BCUT2D eigenvalue weighted by molar-refractivity contribution is 0.0497. The number of nitrogens with two attached hydrogens (primary N) is 1. The second kappa shape index (κ2) is 6.61. The first-order chi connectivity index (χ1) is 9.31. The largest absolute Gasteiger partial charge is 0.485 e. The highest BCUT2D eigenvalue weighted by Gasteiger charge is 2.05. The summed E-state index contributed by atoms with van der Waals surface area (Å²) < 4.78 is 16.0. The van der Waals surface area contributed by atoms with Crippen LogP contribution in [0.2, 0.25) is 0 Å². The average molecular weight is 260 g/mol. The van der Waals surface area contributed by atoms with Crippen LogP contribution in [0.25, 0.3) is 0 Å². The molecule has 0 aliphatic carbocycles. The van der Waals surface area contributed by atoms with Crippen molar-refractivity contribution in [3.8, 4) is 11.5 Å². The third kappa shape index (κ3) is 3.59. The maximum absolute atomic E-state index is 5.72. The number of hydrogen-bond donors (Lipinski definition) is 1. The Morgan fingerprint density at radius 3 is 2.63 bits per heavy atom. The molecule has 0 bridgehead atoms. The number of nitrogens with zero attached hydrogens (tertiary/aromatic N) is 1. The molecule has 1 heterocycles. The third-order valence-corrected chi connectivity index (χ3v) is 2.49. The Balaban J connectivity index is 2.05. The number of nitrogen functional groups attached to an aromatic ring is 1. The van der Waals surface area contributed by atoms with Gasteiger partial charge in [0.25, 0.3) is 0 Å². The van der Waals surface area contributed by atoms with Crippen LogP contribution < -0.4 is 15.2 Å². The molecular formula is C14H16N2O3. The lowest BCUT2D eigenvalue weighted by atomic mass is 10.2. The standard InChI is InChI=1S/C14H16N2O3/c1-17-10-19-12-6-3-2-5-11(12)9-18-13-7-4-8-16-14(13)15/h2-8H,9-10H2,1H3,(H2,15,16). The quantitative estimate of drug-likeness (QED) is 0.807. The summed E-state index contributed by atoms with van der Waals surface area (Å²) in [6, 6.07) is 11.2. The van der Waals surface area contributed by atoms with Crippen molar-refractivity contribution >= 4 is 5.82 Å². The lowest BCUT2D eigenvalue weighted by Gasteiger charge is -2.12. The predicted molar refractivity (Wildman–Crippen MR) is 71.9 cm³/mol. The van der Waals surface area contributed by atoms with E-state index in [0.717, 1.165) is 11.3 Å². The monoisotopic (exact) mass is 260 g/mol. The molecule has 0 saturated heterocycles. The van der Waals surface area contributed by atoms with Gasteiger partial charge < -0.3 is 19.9 Å². The fraction of sp³-hybridized carbons (Fsp3) is 0.214. The van der Waals surface area contributed by atoms with E-state index in [4.69, 9.17) is 19.9 Å². The fourth-order valence-corrected chi connectivity index (χ4v) is 1.57. The smallest absolute Gasteiger partial charge is 0.188 e. The van der Waals surface area contributed by atoms with Crippen molar-refractivity contribution < 1.29 is 14.2 Å². The zero-order chi connectivity index (χ0) is 13.5. The second-order valence-electron chi connectivity index (χ2n) is 3.83. The van der Waals surface area contributed by atoms with Crippen LogP contribution in [0.1, 0.15) is 5.56 Å². The van der Waals surface area contributed by atoms with E-state index in [9.17, 15) is 0 Å². The molecule has 0 spiro atoms. The first kappa shape index (κ1) is 13.2. The number of pyridine rings is 1. The summed E-state index contributed by atoms with van der Waals surface area (Å²) in [6.45, 7) is 0.557. The number of anilines is 1. The molecule has 1 aromatic heterocycles. The van der Waals surface area contributed by atoms with Crippen molar-refractivity contribution in [2.45, 2.75) is 6.61 Å². The van der Waals surface area contributed by atoms with Gasteiger partial charge in [0, 0.05) is 18.9 Å². The van der Waals surface area contributed by atoms with Crippen LogP contribution in [-0.4, -0.2) is 18.9 Å². The number of aromatic nitrogens is 1. The molecule has 100 valence electrons. The van der Waals surface area contributed by atoms with Crippen molar-refractivity contribution in [1.29, 1.82) is 0 Å². The Kier molecular flexibility index (Phi) is 4.58. The van der Waals surface area contributed by atoms with Gasteiger partial charge in [0.1, 0.15) is 12.4 Å². The molecule has 2 aromatic rings. The first-order valence-electron chi connectivity index (χ1n) is 5.84. The van der Waals surface area contributed by atoms with Crippen LogP contribution in [0.4, 0.5) is 5.82 Å². The van der Waals surface area contributed by atoms with E-state index in [1.165, 1.54) is 0 Å². The summed E-state index contributed by atoms with van der Waals surface area (Å²) >= 11 is 0. The van der Waals surface area contributed by atoms with Gasteiger partial charge in [-0.25, -0.2) is 4.98 Å². The minimum atomic E-state index is 0.200. The molecule has 2 rings (SSSR count). The summed E-state index contributed by atoms with van der Waals surface area (Å²) in [4.78, 5) is 3.96. The van der Waals surface area contributed by atoms with Gasteiger partial charge in [-0.2, -0.15) is 0 Å². The fourth-order valence-electron chi connectivity index (χ4n) is 1.57. The number of methoxy groups -OCH3 is 1. The zero-order valence-electron chi connectivity index (χ0n) is 10.7. The van der Waals surface area contributed by atoms with E-state index in [0.29, 0.717) is 18.2 Å². The molecule has 5 nitrogen and oxygen atoms in total. The molecule has 2 N–H and O–H groups in total. The normalized spacial score (nSPS) is 10.2. The molecular weight excluding hydrogens is 244 g/mol. The Morgan fingerprint density at radius 2 is 1.84 bits per heavy atom. The van der Waals surface area contributed by atoms with Crippen LogP contribution in [0, 0.1) is 0 Å². The van der Waals surface area contributed by atoms with E-state index in [2.05, 4.69) is 4.98 Å². The Bertz CT molecular complexity index is 532. The molecule has 19 heavy (non-hydrogen) atoms. The van der Waals surface area contributed by atoms with Crippen LogP contribution in [-0.2, 0) is 11.3 Å². The lowest BCUT2D eigenvalue weighted by Crippen LogP contribution is -2.04. The van der Waals surface area contributed by atoms with Gasteiger partial charge in [-0.1, -0.05) is 18.2 Å². The molecule has 0 radical (unpaired) electrons. The molecule has 0 fully saturated rings. The van der Waals surface area contributed by atoms with Gasteiger partial charge in [-0.15, -0.1) is 0 Å². The van der Waals surface area contributed by atoms with Gasteiger partial charge in [-0.05, 0) is 18.2 Å². The maximum Gasteiger partial charge on any atom is 0.188 e. The van der Waals surface area contributed by atoms with Gasteiger partial charge in [0.2, 0.25) is 0 Å². The summed E-state index contributed by atoms with van der Waals surface area (Å²) in [5.74, 6) is 1.66. The SMILES string of the molecule is COCOc1ccccc1COc1cccnc1N. The van der Waals surface area contributed by atoms with Crippen LogP contribution in [0.15, 0.2) is 42.6 Å². The zero-order valence-corrected chi connectivity index (χ0v) is 10.7. The van der Waals surface area contributed by atoms with Gasteiger partial charge in [-0.3, -0.25) is 0 Å². The van der Waals surface area contributed by atoms with Crippen LogP contribution in [0.3, 0.4) is 0 Å². The first-order valence-corrected chi connectivity index (χ1v) is 5.84. The van der Waals surface area contributed by atoms with E-state index in [-0.39, 0.29) is 6.79 Å². The van der Waals surface area contributed by atoms with Crippen LogP contribution in [0.5, 0.6) is 11.5 Å². The molecule has 5 heteroatoms. The average Bonchev–Trinajstić information content (AvgIpc) is 2.45. The molecule has 0 atom stereocenters. The highest BCUT2D eigenvalue weighted by molar-refractivity contribution is 5.45. The van der Waals surface area contributed by atoms with E-state index < -0.39 is 0 Å². The van der Waals surface area contributed by atoms with E-state index >= 15 is 0 Å². The predicted octanol–water partition coefficient (Wildman–Crippen LogP) is 2.23. The van der Waals surface area contributed by atoms with Crippen molar-refractivity contribution in [2.24, 2.45) is 0 Å². The molecule has 1 aromatic carbocycles. The van der Waals surface area contributed by atoms with Gasteiger partial charge in [0.15, 0.2) is 18.4 Å². The number of para-hydroxylation sites is 1. The van der Waals surface area contributed by atoms with Gasteiger partial charge in [0.05, 0.1) is 0 Å². The van der Waals surface area contributed by atoms with Crippen molar-refractivity contribution in [3.63, 3.8) is 0 Å². The number of ether oxygens (including phenoxy) is 3. The molecule has 0 aliphatic heterocycles. The van der Waals surface area contributed by atoms with Gasteiger partial charge >= 0.3 is 0 Å².